The Morgan fingerprint density at radius 2 is 1.71 bits per heavy atom. The number of ether oxygens (including phenoxy) is 1. The minimum absolute atomic E-state index is 0.0252. The maximum absolute atomic E-state index is 12.7. The van der Waals surface area contributed by atoms with Gasteiger partial charge in [-0.2, -0.15) is 13.2 Å². The smallest absolute Gasteiger partial charge is 0.416 e. The van der Waals surface area contributed by atoms with Crippen LogP contribution in [-0.4, -0.2) is 41.9 Å². The lowest BCUT2D eigenvalue weighted by atomic mass is 10.1. The van der Waals surface area contributed by atoms with Crippen LogP contribution in [0.25, 0.3) is 0 Å². The quantitative estimate of drug-likeness (QED) is 0.529. The number of para-hydroxylation sites is 2. The highest BCUT2D eigenvalue weighted by Crippen LogP contribution is 2.29. The molecular weight excluding hydrogens is 421 g/mol. The molecule has 11 heteroatoms. The van der Waals surface area contributed by atoms with Gasteiger partial charge in [-0.25, -0.2) is 9.59 Å². The topological polar surface area (TPSA) is 113 Å². The van der Waals surface area contributed by atoms with Gasteiger partial charge in [0.25, 0.3) is 5.91 Å². The second-order valence-corrected chi connectivity index (χ2v) is 6.20. The molecule has 0 spiro atoms. The van der Waals surface area contributed by atoms with Gasteiger partial charge < -0.3 is 15.2 Å². The molecular formula is C20H17F3N2O6. The molecule has 0 heterocycles. The fourth-order valence-electron chi connectivity index (χ4n) is 2.47. The number of hydrogen-bond donors (Lipinski definition) is 2. The summed E-state index contributed by atoms with van der Waals surface area (Å²) >= 11 is 0. The lowest BCUT2D eigenvalue weighted by molar-refractivity contribution is -0.158. The maximum Gasteiger partial charge on any atom is 0.416 e. The van der Waals surface area contributed by atoms with E-state index in [-0.39, 0.29) is 17.0 Å². The molecule has 2 N–H and O–H groups in total. The SMILES string of the molecule is CC(=O)N(CC(=O)OC(=O)CNC(=O)c1cccc(C(F)(F)F)c1)c1ccccc1O. The number of halogens is 3. The first kappa shape index (κ1) is 23.4. The average molecular weight is 438 g/mol. The predicted molar refractivity (Wildman–Crippen MR) is 101 cm³/mol. The molecule has 0 aliphatic heterocycles. The van der Waals surface area contributed by atoms with Crippen LogP contribution in [0, 0.1) is 0 Å². The van der Waals surface area contributed by atoms with Crippen molar-refractivity contribution >= 4 is 29.4 Å². The van der Waals surface area contributed by atoms with Crippen LogP contribution in [0.2, 0.25) is 0 Å². The van der Waals surface area contributed by atoms with Gasteiger partial charge in [-0.3, -0.25) is 14.5 Å². The number of amides is 2. The van der Waals surface area contributed by atoms with Gasteiger partial charge in [0.15, 0.2) is 0 Å². The van der Waals surface area contributed by atoms with Crippen molar-refractivity contribution < 1.29 is 42.2 Å². The van der Waals surface area contributed by atoms with Crippen LogP contribution in [0.1, 0.15) is 22.8 Å². The molecule has 0 aromatic heterocycles. The minimum Gasteiger partial charge on any atom is -0.506 e. The van der Waals surface area contributed by atoms with Crippen LogP contribution < -0.4 is 10.2 Å². The molecule has 2 aromatic rings. The summed E-state index contributed by atoms with van der Waals surface area (Å²) in [6.45, 7) is -0.353. The Hall–Kier alpha value is -3.89. The Balaban J connectivity index is 1.93. The van der Waals surface area contributed by atoms with Crippen molar-refractivity contribution in [3.05, 3.63) is 59.7 Å². The second-order valence-electron chi connectivity index (χ2n) is 6.20. The standard InChI is InChI=1S/C20H17F3N2O6/c1-12(26)25(15-7-2-3-8-16(15)27)11-18(29)31-17(28)10-24-19(30)13-5-4-6-14(9-13)20(21,22)23/h2-9,27H,10-11H2,1H3,(H,24,30). The first-order chi connectivity index (χ1) is 14.5. The van der Waals surface area contributed by atoms with Crippen LogP contribution in [0.3, 0.4) is 0 Å². The van der Waals surface area contributed by atoms with Crippen LogP contribution in [0.15, 0.2) is 48.5 Å². The normalized spacial score (nSPS) is 10.8. The molecule has 0 saturated carbocycles. The molecule has 2 aromatic carbocycles. The first-order valence-corrected chi connectivity index (χ1v) is 8.74. The van der Waals surface area contributed by atoms with Gasteiger partial charge in [0.05, 0.1) is 11.3 Å². The van der Waals surface area contributed by atoms with E-state index in [0.29, 0.717) is 6.07 Å². The van der Waals surface area contributed by atoms with Gasteiger partial charge >= 0.3 is 18.1 Å². The van der Waals surface area contributed by atoms with E-state index in [1.165, 1.54) is 24.3 Å². The Morgan fingerprint density at radius 3 is 2.32 bits per heavy atom. The van der Waals surface area contributed by atoms with Crippen molar-refractivity contribution in [2.75, 3.05) is 18.0 Å². The summed E-state index contributed by atoms with van der Waals surface area (Å²) < 4.78 is 42.6. The number of rotatable bonds is 6. The second kappa shape index (κ2) is 9.74. The number of esters is 2. The molecule has 0 aliphatic rings. The molecule has 164 valence electrons. The van der Waals surface area contributed by atoms with Gasteiger partial charge in [-0.15, -0.1) is 0 Å². The van der Waals surface area contributed by atoms with E-state index < -0.39 is 48.6 Å². The van der Waals surface area contributed by atoms with Crippen LogP contribution in [0.4, 0.5) is 18.9 Å². The zero-order chi connectivity index (χ0) is 23.2. The summed E-state index contributed by atoms with van der Waals surface area (Å²) in [6, 6.07) is 9.26. The lowest BCUT2D eigenvalue weighted by Gasteiger charge is -2.20. The Morgan fingerprint density at radius 1 is 1.03 bits per heavy atom. The highest BCUT2D eigenvalue weighted by molar-refractivity contribution is 6.00. The van der Waals surface area contributed by atoms with Crippen LogP contribution >= 0.6 is 0 Å². The lowest BCUT2D eigenvalue weighted by Crippen LogP contribution is -2.37. The van der Waals surface area contributed by atoms with Gasteiger partial charge in [-0.05, 0) is 30.3 Å². The molecule has 31 heavy (non-hydrogen) atoms. The molecule has 0 saturated heterocycles. The number of carbonyl (C=O) groups excluding carboxylic acids is 4. The first-order valence-electron chi connectivity index (χ1n) is 8.74. The predicted octanol–water partition coefficient (Wildman–Crippen LogP) is 2.26. The van der Waals surface area contributed by atoms with Gasteiger partial charge in [-0.1, -0.05) is 18.2 Å². The molecule has 0 bridgehead atoms. The number of alkyl halides is 3. The molecule has 2 amide bonds. The van der Waals surface area contributed by atoms with E-state index >= 15 is 0 Å². The highest BCUT2D eigenvalue weighted by Gasteiger charge is 2.31. The summed E-state index contributed by atoms with van der Waals surface area (Å²) in [7, 11) is 0. The molecule has 0 radical (unpaired) electrons. The van der Waals surface area contributed by atoms with Crippen molar-refractivity contribution in [1.82, 2.24) is 5.32 Å². The van der Waals surface area contributed by atoms with E-state index in [1.54, 1.807) is 0 Å². The number of nitrogens with zero attached hydrogens (tertiary/aromatic N) is 1. The molecule has 8 nitrogen and oxygen atoms in total. The third-order valence-electron chi connectivity index (χ3n) is 3.91. The third kappa shape index (κ3) is 6.56. The van der Waals surface area contributed by atoms with E-state index in [0.717, 1.165) is 30.0 Å². The fraction of sp³-hybridized carbons (Fsp3) is 0.200. The molecule has 0 unspecified atom stereocenters. The fourth-order valence-corrected chi connectivity index (χ4v) is 2.47. The Kier molecular flexibility index (Phi) is 7.35. The number of hydrogen-bond acceptors (Lipinski definition) is 6. The van der Waals surface area contributed by atoms with Gasteiger partial charge in [0.2, 0.25) is 5.91 Å². The van der Waals surface area contributed by atoms with Crippen molar-refractivity contribution in [3.63, 3.8) is 0 Å². The monoisotopic (exact) mass is 438 g/mol. The van der Waals surface area contributed by atoms with Crippen LogP contribution in [-0.2, 0) is 25.3 Å². The highest BCUT2D eigenvalue weighted by atomic mass is 19.4. The van der Waals surface area contributed by atoms with Gasteiger partial charge in [0, 0.05) is 12.5 Å². The van der Waals surface area contributed by atoms with Crippen LogP contribution in [0.5, 0.6) is 5.75 Å². The summed E-state index contributed by atoms with van der Waals surface area (Å²) in [5.74, 6) is -4.19. The zero-order valence-electron chi connectivity index (χ0n) is 16.1. The number of aromatic hydroxyl groups is 1. The molecule has 0 fully saturated rings. The number of carbonyl (C=O) groups is 4. The summed E-state index contributed by atoms with van der Waals surface area (Å²) in [5, 5.41) is 11.9. The van der Waals surface area contributed by atoms with E-state index in [4.69, 9.17) is 0 Å². The van der Waals surface area contributed by atoms with E-state index in [2.05, 4.69) is 4.74 Å². The van der Waals surface area contributed by atoms with E-state index in [9.17, 15) is 37.5 Å². The number of anilines is 1. The number of benzene rings is 2. The molecule has 0 atom stereocenters. The molecule has 0 aliphatic carbocycles. The van der Waals surface area contributed by atoms with E-state index in [1.807, 2.05) is 5.32 Å². The van der Waals surface area contributed by atoms with Crippen molar-refractivity contribution in [2.24, 2.45) is 0 Å². The van der Waals surface area contributed by atoms with Crippen molar-refractivity contribution in [3.8, 4) is 5.75 Å². The van der Waals surface area contributed by atoms with Gasteiger partial charge in [0.1, 0.15) is 18.8 Å². The van der Waals surface area contributed by atoms with Crippen molar-refractivity contribution in [1.29, 1.82) is 0 Å². The number of nitrogens with one attached hydrogen (secondary N) is 1. The molecule has 2 rings (SSSR count). The number of phenols is 1. The maximum atomic E-state index is 12.7. The average Bonchev–Trinajstić information content (AvgIpc) is 2.70. The largest absolute Gasteiger partial charge is 0.506 e. The third-order valence-corrected chi connectivity index (χ3v) is 3.91. The minimum atomic E-state index is -4.64. The number of phenolic OH excluding ortho intramolecular Hbond substituents is 1. The summed E-state index contributed by atoms with van der Waals surface area (Å²) in [5.41, 5.74) is -1.35. The summed E-state index contributed by atoms with van der Waals surface area (Å²) in [4.78, 5) is 48.4. The summed E-state index contributed by atoms with van der Waals surface area (Å²) in [6.07, 6.45) is -4.64. The zero-order valence-corrected chi connectivity index (χ0v) is 16.1. The Labute approximate surface area is 174 Å². The Bertz CT molecular complexity index is 1010. The van der Waals surface area contributed by atoms with Crippen molar-refractivity contribution in [2.45, 2.75) is 13.1 Å².